The van der Waals surface area contributed by atoms with Crippen molar-refractivity contribution in [2.24, 2.45) is 0 Å². The Hall–Kier alpha value is -3.07. The smallest absolute Gasteiger partial charge is 0.255 e. The third kappa shape index (κ3) is 4.48. The molecule has 3 aromatic carbocycles. The second-order valence-electron chi connectivity index (χ2n) is 5.88. The third-order valence-corrected chi connectivity index (χ3v) is 4.02. The van der Waals surface area contributed by atoms with E-state index in [0.717, 1.165) is 11.1 Å². The Morgan fingerprint density at radius 1 is 0.880 bits per heavy atom. The molecule has 1 N–H and O–H groups in total. The summed E-state index contributed by atoms with van der Waals surface area (Å²) in [5.74, 6) is 0.448. The first-order chi connectivity index (χ1) is 12.2. The highest BCUT2D eigenvalue weighted by molar-refractivity contribution is 5.97. The normalized spacial score (nSPS) is 11.6. The van der Waals surface area contributed by atoms with Gasteiger partial charge < -0.3 is 10.1 Å². The Labute approximate surface area is 148 Å². The van der Waals surface area contributed by atoms with Crippen LogP contribution in [0.4, 0.5) is 0 Å². The highest BCUT2D eigenvalue weighted by Crippen LogP contribution is 2.21. The van der Waals surface area contributed by atoms with E-state index >= 15 is 0 Å². The Morgan fingerprint density at radius 2 is 1.48 bits per heavy atom. The van der Waals surface area contributed by atoms with E-state index in [1.54, 1.807) is 6.07 Å². The lowest BCUT2D eigenvalue weighted by Gasteiger charge is -2.16. The van der Waals surface area contributed by atoms with E-state index < -0.39 is 0 Å². The molecule has 0 radical (unpaired) electrons. The van der Waals surface area contributed by atoms with Crippen LogP contribution in [0.3, 0.4) is 0 Å². The van der Waals surface area contributed by atoms with Gasteiger partial charge in [0.2, 0.25) is 0 Å². The zero-order valence-electron chi connectivity index (χ0n) is 14.2. The SMILES string of the molecule is CC(NC(=O)c1ccccc1OCc1ccccc1)c1ccccc1. The lowest BCUT2D eigenvalue weighted by molar-refractivity contribution is 0.0935. The van der Waals surface area contributed by atoms with Gasteiger partial charge in [-0.15, -0.1) is 0 Å². The number of carbonyl (C=O) groups excluding carboxylic acids is 1. The quantitative estimate of drug-likeness (QED) is 0.707. The summed E-state index contributed by atoms with van der Waals surface area (Å²) in [5.41, 5.74) is 2.68. The van der Waals surface area contributed by atoms with Gasteiger partial charge in [-0.3, -0.25) is 4.79 Å². The van der Waals surface area contributed by atoms with Gasteiger partial charge in [0.1, 0.15) is 12.4 Å². The topological polar surface area (TPSA) is 38.3 Å². The van der Waals surface area contributed by atoms with E-state index in [4.69, 9.17) is 4.74 Å². The first kappa shape index (κ1) is 16.8. The number of carbonyl (C=O) groups is 1. The van der Waals surface area contributed by atoms with Crippen molar-refractivity contribution < 1.29 is 9.53 Å². The molecular formula is C22H21NO2. The molecule has 0 aromatic heterocycles. The number of amides is 1. The minimum Gasteiger partial charge on any atom is -0.488 e. The standard InChI is InChI=1S/C22H21NO2/c1-17(19-12-6-3-7-13-19)23-22(24)20-14-8-9-15-21(20)25-16-18-10-4-2-5-11-18/h2-15,17H,16H2,1H3,(H,23,24). The molecule has 0 saturated carbocycles. The average Bonchev–Trinajstić information content (AvgIpc) is 2.68. The molecule has 3 rings (SSSR count). The van der Waals surface area contributed by atoms with Crippen molar-refractivity contribution >= 4 is 5.91 Å². The molecule has 3 heteroatoms. The van der Waals surface area contributed by atoms with Gasteiger partial charge in [-0.2, -0.15) is 0 Å². The number of ether oxygens (including phenoxy) is 1. The Kier molecular flexibility index (Phi) is 5.47. The summed E-state index contributed by atoms with van der Waals surface area (Å²) in [5, 5.41) is 3.03. The van der Waals surface area contributed by atoms with Crippen LogP contribution in [-0.2, 0) is 6.61 Å². The summed E-state index contributed by atoms with van der Waals surface area (Å²) < 4.78 is 5.87. The second kappa shape index (κ2) is 8.15. The van der Waals surface area contributed by atoms with Crippen LogP contribution in [0, 0.1) is 0 Å². The molecule has 0 aliphatic heterocycles. The van der Waals surface area contributed by atoms with Gasteiger partial charge in [0.25, 0.3) is 5.91 Å². The van der Waals surface area contributed by atoms with Crippen LogP contribution in [0.1, 0.15) is 34.5 Å². The molecule has 1 unspecified atom stereocenters. The van der Waals surface area contributed by atoms with Crippen LogP contribution in [0.5, 0.6) is 5.75 Å². The van der Waals surface area contributed by atoms with Crippen molar-refractivity contribution in [3.63, 3.8) is 0 Å². The van der Waals surface area contributed by atoms with E-state index in [-0.39, 0.29) is 11.9 Å². The summed E-state index contributed by atoms with van der Waals surface area (Å²) in [6.45, 7) is 2.40. The van der Waals surface area contributed by atoms with E-state index in [0.29, 0.717) is 17.9 Å². The number of hydrogen-bond donors (Lipinski definition) is 1. The molecule has 1 atom stereocenters. The third-order valence-electron chi connectivity index (χ3n) is 4.02. The molecule has 0 bridgehead atoms. The highest BCUT2D eigenvalue weighted by Gasteiger charge is 2.15. The molecule has 0 fully saturated rings. The van der Waals surface area contributed by atoms with E-state index in [9.17, 15) is 4.79 Å². The maximum Gasteiger partial charge on any atom is 0.255 e. The van der Waals surface area contributed by atoms with Crippen LogP contribution < -0.4 is 10.1 Å². The number of rotatable bonds is 6. The molecule has 25 heavy (non-hydrogen) atoms. The summed E-state index contributed by atoms with van der Waals surface area (Å²) in [4.78, 5) is 12.7. The summed E-state index contributed by atoms with van der Waals surface area (Å²) in [6.07, 6.45) is 0. The molecule has 0 aliphatic rings. The van der Waals surface area contributed by atoms with E-state index in [1.165, 1.54) is 0 Å². The zero-order valence-corrected chi connectivity index (χ0v) is 14.2. The van der Waals surface area contributed by atoms with Crippen LogP contribution >= 0.6 is 0 Å². The minimum atomic E-state index is -0.139. The van der Waals surface area contributed by atoms with Gasteiger partial charge in [-0.05, 0) is 30.2 Å². The molecule has 0 spiro atoms. The van der Waals surface area contributed by atoms with E-state index in [2.05, 4.69) is 5.32 Å². The van der Waals surface area contributed by atoms with Crippen LogP contribution in [0.25, 0.3) is 0 Å². The van der Waals surface area contributed by atoms with Crippen molar-refractivity contribution in [2.45, 2.75) is 19.6 Å². The predicted molar refractivity (Wildman–Crippen MR) is 99.5 cm³/mol. The van der Waals surface area contributed by atoms with Gasteiger partial charge in [0.15, 0.2) is 0 Å². The van der Waals surface area contributed by atoms with Crippen molar-refractivity contribution in [3.05, 3.63) is 102 Å². The maximum absolute atomic E-state index is 12.7. The monoisotopic (exact) mass is 331 g/mol. The number of hydrogen-bond acceptors (Lipinski definition) is 2. The molecule has 1 amide bonds. The first-order valence-electron chi connectivity index (χ1n) is 8.35. The lowest BCUT2D eigenvalue weighted by atomic mass is 10.1. The van der Waals surface area contributed by atoms with Crippen LogP contribution in [0.2, 0.25) is 0 Å². The van der Waals surface area contributed by atoms with Gasteiger partial charge in [-0.25, -0.2) is 0 Å². The summed E-state index contributed by atoms with van der Waals surface area (Å²) >= 11 is 0. The lowest BCUT2D eigenvalue weighted by Crippen LogP contribution is -2.27. The second-order valence-corrected chi connectivity index (χ2v) is 5.88. The van der Waals surface area contributed by atoms with Crippen molar-refractivity contribution in [1.29, 1.82) is 0 Å². The zero-order chi connectivity index (χ0) is 17.5. The first-order valence-corrected chi connectivity index (χ1v) is 8.35. The van der Waals surface area contributed by atoms with Crippen molar-refractivity contribution in [3.8, 4) is 5.75 Å². The Balaban J connectivity index is 1.70. The van der Waals surface area contributed by atoms with Gasteiger partial charge >= 0.3 is 0 Å². The fourth-order valence-electron chi connectivity index (χ4n) is 2.61. The number of para-hydroxylation sites is 1. The molecule has 0 aliphatic carbocycles. The molecular weight excluding hydrogens is 310 g/mol. The van der Waals surface area contributed by atoms with Gasteiger partial charge in [-0.1, -0.05) is 72.8 Å². The Bertz CT molecular complexity index is 816. The largest absolute Gasteiger partial charge is 0.488 e. The molecule has 0 heterocycles. The predicted octanol–water partition coefficient (Wildman–Crippen LogP) is 4.76. The number of nitrogens with one attached hydrogen (secondary N) is 1. The molecule has 126 valence electrons. The average molecular weight is 331 g/mol. The Morgan fingerprint density at radius 3 is 2.20 bits per heavy atom. The van der Waals surface area contributed by atoms with E-state index in [1.807, 2.05) is 85.8 Å². The summed E-state index contributed by atoms with van der Waals surface area (Å²) in [6, 6.07) is 27.1. The minimum absolute atomic E-state index is 0.0733. The van der Waals surface area contributed by atoms with Gasteiger partial charge in [0, 0.05) is 0 Å². The maximum atomic E-state index is 12.7. The van der Waals surface area contributed by atoms with Crippen molar-refractivity contribution in [2.75, 3.05) is 0 Å². The molecule has 0 saturated heterocycles. The van der Waals surface area contributed by atoms with Crippen molar-refractivity contribution in [1.82, 2.24) is 5.32 Å². The highest BCUT2D eigenvalue weighted by atomic mass is 16.5. The summed E-state index contributed by atoms with van der Waals surface area (Å²) in [7, 11) is 0. The van der Waals surface area contributed by atoms with Crippen LogP contribution in [-0.4, -0.2) is 5.91 Å². The molecule has 3 aromatic rings. The van der Waals surface area contributed by atoms with Gasteiger partial charge in [0.05, 0.1) is 11.6 Å². The fraction of sp³-hybridized carbons (Fsp3) is 0.136. The number of benzene rings is 3. The van der Waals surface area contributed by atoms with Crippen LogP contribution in [0.15, 0.2) is 84.9 Å². The molecule has 3 nitrogen and oxygen atoms in total. The fourth-order valence-corrected chi connectivity index (χ4v) is 2.61.